The van der Waals surface area contributed by atoms with Gasteiger partial charge >= 0.3 is 5.97 Å². The molecule has 0 atom stereocenters. The van der Waals surface area contributed by atoms with Gasteiger partial charge in [0.2, 0.25) is 10.0 Å². The SMILES string of the molecule is COC(=O)c1scc(C)c1S(=O)(=O)NCC(OC)OC. The Labute approximate surface area is 121 Å². The summed E-state index contributed by atoms with van der Waals surface area (Å²) in [7, 11) is 0.154. The lowest BCUT2D eigenvalue weighted by Gasteiger charge is -2.14. The molecular weight excluding hydrogens is 306 g/mol. The van der Waals surface area contributed by atoms with Gasteiger partial charge in [0.1, 0.15) is 9.77 Å². The molecule has 1 rings (SSSR count). The molecule has 0 aliphatic heterocycles. The van der Waals surface area contributed by atoms with Crippen molar-refractivity contribution in [1.82, 2.24) is 4.72 Å². The van der Waals surface area contributed by atoms with E-state index in [1.54, 1.807) is 12.3 Å². The van der Waals surface area contributed by atoms with E-state index in [1.165, 1.54) is 21.3 Å². The van der Waals surface area contributed by atoms with Gasteiger partial charge in [-0.3, -0.25) is 0 Å². The van der Waals surface area contributed by atoms with Crippen molar-refractivity contribution in [2.75, 3.05) is 27.9 Å². The molecule has 0 radical (unpaired) electrons. The van der Waals surface area contributed by atoms with Crippen LogP contribution >= 0.6 is 11.3 Å². The van der Waals surface area contributed by atoms with Crippen molar-refractivity contribution in [2.45, 2.75) is 18.1 Å². The lowest BCUT2D eigenvalue weighted by atomic mass is 10.3. The van der Waals surface area contributed by atoms with E-state index < -0.39 is 22.3 Å². The highest BCUT2D eigenvalue weighted by Crippen LogP contribution is 2.27. The van der Waals surface area contributed by atoms with Gasteiger partial charge in [0.05, 0.1) is 13.7 Å². The molecule has 0 aromatic carbocycles. The molecule has 7 nitrogen and oxygen atoms in total. The number of sulfonamides is 1. The lowest BCUT2D eigenvalue weighted by molar-refractivity contribution is -0.0960. The second kappa shape index (κ2) is 7.14. The molecular formula is C11H17NO6S2. The third kappa shape index (κ3) is 3.76. The van der Waals surface area contributed by atoms with Gasteiger partial charge in [-0.05, 0) is 17.9 Å². The zero-order valence-electron chi connectivity index (χ0n) is 11.6. The van der Waals surface area contributed by atoms with Crippen molar-refractivity contribution < 1.29 is 27.4 Å². The van der Waals surface area contributed by atoms with Crippen molar-refractivity contribution in [3.63, 3.8) is 0 Å². The van der Waals surface area contributed by atoms with Gasteiger partial charge in [-0.25, -0.2) is 17.9 Å². The molecule has 0 bridgehead atoms. The number of hydrogen-bond donors (Lipinski definition) is 1. The Bertz CT molecular complexity index is 561. The third-order valence-electron chi connectivity index (χ3n) is 2.52. The summed E-state index contributed by atoms with van der Waals surface area (Å²) in [6, 6.07) is 0. The molecule has 0 fully saturated rings. The van der Waals surface area contributed by atoms with Gasteiger partial charge in [0.25, 0.3) is 0 Å². The Morgan fingerprint density at radius 3 is 2.45 bits per heavy atom. The summed E-state index contributed by atoms with van der Waals surface area (Å²) in [4.78, 5) is 11.6. The standard InChI is InChI=1S/C11H17NO6S2/c1-7-6-19-9(11(13)18-4)10(7)20(14,15)12-5-8(16-2)17-3/h6,8,12H,5H2,1-4H3. The Balaban J connectivity index is 3.04. The number of nitrogens with one attached hydrogen (secondary N) is 1. The minimum atomic E-state index is -3.85. The molecule has 0 unspecified atom stereocenters. The van der Waals surface area contributed by atoms with Crippen molar-refractivity contribution in [3.8, 4) is 0 Å². The van der Waals surface area contributed by atoms with Gasteiger partial charge in [-0.1, -0.05) is 0 Å². The minimum absolute atomic E-state index is 0.0453. The summed E-state index contributed by atoms with van der Waals surface area (Å²) >= 11 is 1.03. The van der Waals surface area contributed by atoms with E-state index in [1.807, 2.05) is 0 Å². The fourth-order valence-corrected chi connectivity index (χ4v) is 4.23. The van der Waals surface area contributed by atoms with Gasteiger partial charge in [-0.15, -0.1) is 11.3 Å². The maximum absolute atomic E-state index is 12.3. The number of esters is 1. The first-order chi connectivity index (χ1) is 9.37. The van der Waals surface area contributed by atoms with Gasteiger partial charge in [-0.2, -0.15) is 0 Å². The van der Waals surface area contributed by atoms with Gasteiger partial charge < -0.3 is 14.2 Å². The van der Waals surface area contributed by atoms with Crippen LogP contribution in [0.4, 0.5) is 0 Å². The Kier molecular flexibility index (Phi) is 6.08. The first-order valence-electron chi connectivity index (χ1n) is 5.59. The van der Waals surface area contributed by atoms with Gasteiger partial charge in [0, 0.05) is 14.2 Å². The Morgan fingerprint density at radius 2 is 1.95 bits per heavy atom. The predicted octanol–water partition coefficient (Wildman–Crippen LogP) is 0.740. The second-order valence-corrected chi connectivity index (χ2v) is 6.40. The van der Waals surface area contributed by atoms with Crippen molar-refractivity contribution in [3.05, 3.63) is 15.8 Å². The fourth-order valence-electron chi connectivity index (χ4n) is 1.51. The molecule has 1 heterocycles. The second-order valence-electron chi connectivity index (χ2n) is 3.82. The molecule has 20 heavy (non-hydrogen) atoms. The summed E-state index contributed by atoms with van der Waals surface area (Å²) in [5, 5.41) is 1.59. The van der Waals surface area contributed by atoms with Crippen LogP contribution in [0.2, 0.25) is 0 Å². The molecule has 0 amide bonds. The number of ether oxygens (including phenoxy) is 3. The highest BCUT2D eigenvalue weighted by molar-refractivity contribution is 7.89. The molecule has 0 saturated carbocycles. The van der Waals surface area contributed by atoms with E-state index >= 15 is 0 Å². The third-order valence-corrected chi connectivity index (χ3v) is 5.34. The van der Waals surface area contributed by atoms with E-state index in [0.29, 0.717) is 5.56 Å². The number of carbonyl (C=O) groups is 1. The predicted molar refractivity (Wildman–Crippen MR) is 73.4 cm³/mol. The first kappa shape index (κ1) is 17.1. The Morgan fingerprint density at radius 1 is 1.35 bits per heavy atom. The smallest absolute Gasteiger partial charge is 0.349 e. The van der Waals surface area contributed by atoms with E-state index in [-0.39, 0.29) is 16.3 Å². The number of thiophene rings is 1. The molecule has 0 spiro atoms. The average Bonchev–Trinajstić information content (AvgIpc) is 2.81. The van der Waals surface area contributed by atoms with Crippen LogP contribution in [0.15, 0.2) is 10.3 Å². The number of methoxy groups -OCH3 is 3. The largest absolute Gasteiger partial charge is 0.465 e. The quantitative estimate of drug-likeness (QED) is 0.588. The number of rotatable bonds is 7. The first-order valence-corrected chi connectivity index (χ1v) is 7.95. The summed E-state index contributed by atoms with van der Waals surface area (Å²) in [5.41, 5.74) is 0.481. The number of hydrogen-bond acceptors (Lipinski definition) is 7. The van der Waals surface area contributed by atoms with E-state index in [2.05, 4.69) is 9.46 Å². The van der Waals surface area contributed by atoms with Crippen LogP contribution in [0, 0.1) is 6.92 Å². The van der Waals surface area contributed by atoms with Crippen LogP contribution in [-0.4, -0.2) is 48.6 Å². The van der Waals surface area contributed by atoms with E-state index in [4.69, 9.17) is 9.47 Å². The van der Waals surface area contributed by atoms with Crippen molar-refractivity contribution in [2.24, 2.45) is 0 Å². The molecule has 114 valence electrons. The number of carbonyl (C=O) groups excluding carboxylic acids is 1. The molecule has 1 N–H and O–H groups in total. The van der Waals surface area contributed by atoms with E-state index in [0.717, 1.165) is 11.3 Å². The fraction of sp³-hybridized carbons (Fsp3) is 0.545. The van der Waals surface area contributed by atoms with E-state index in [9.17, 15) is 13.2 Å². The lowest BCUT2D eigenvalue weighted by Crippen LogP contribution is -2.34. The monoisotopic (exact) mass is 323 g/mol. The molecule has 1 aromatic heterocycles. The summed E-state index contributed by atoms with van der Waals surface area (Å²) in [5.74, 6) is -0.682. The van der Waals surface area contributed by atoms with Crippen LogP contribution in [0.1, 0.15) is 15.2 Å². The van der Waals surface area contributed by atoms with Crippen molar-refractivity contribution >= 4 is 27.3 Å². The summed E-state index contributed by atoms with van der Waals surface area (Å²) in [6.45, 7) is 1.55. The van der Waals surface area contributed by atoms with Crippen LogP contribution in [0.25, 0.3) is 0 Å². The zero-order valence-corrected chi connectivity index (χ0v) is 13.3. The maximum Gasteiger partial charge on any atom is 0.349 e. The highest BCUT2D eigenvalue weighted by atomic mass is 32.2. The number of aryl methyl sites for hydroxylation is 1. The Hall–Kier alpha value is -1.00. The van der Waals surface area contributed by atoms with Crippen LogP contribution < -0.4 is 4.72 Å². The molecule has 0 saturated heterocycles. The van der Waals surface area contributed by atoms with Crippen LogP contribution in [-0.2, 0) is 24.2 Å². The minimum Gasteiger partial charge on any atom is -0.465 e. The molecule has 1 aromatic rings. The molecule has 0 aliphatic carbocycles. The average molecular weight is 323 g/mol. The van der Waals surface area contributed by atoms with Crippen molar-refractivity contribution in [1.29, 1.82) is 0 Å². The molecule has 9 heteroatoms. The maximum atomic E-state index is 12.3. The zero-order chi connectivity index (χ0) is 15.3. The summed E-state index contributed by atoms with van der Waals surface area (Å²) < 4.78 is 41.3. The molecule has 0 aliphatic rings. The van der Waals surface area contributed by atoms with Crippen LogP contribution in [0.5, 0.6) is 0 Å². The summed E-state index contributed by atoms with van der Waals surface area (Å²) in [6.07, 6.45) is -0.703. The topological polar surface area (TPSA) is 90.9 Å². The van der Waals surface area contributed by atoms with Gasteiger partial charge in [0.15, 0.2) is 6.29 Å². The van der Waals surface area contributed by atoms with Crippen LogP contribution in [0.3, 0.4) is 0 Å². The highest BCUT2D eigenvalue weighted by Gasteiger charge is 2.28. The normalized spacial score (nSPS) is 11.8.